The van der Waals surface area contributed by atoms with E-state index in [0.717, 1.165) is 50.4 Å². The first-order chi connectivity index (χ1) is 11.3. The fourth-order valence-corrected chi connectivity index (χ4v) is 3.18. The fraction of sp³-hybridized carbons (Fsp3) is 0.611. The molecule has 0 spiro atoms. The molecule has 5 nitrogen and oxygen atoms in total. The van der Waals surface area contributed by atoms with Crippen LogP contribution >= 0.6 is 0 Å². The molecule has 0 saturated carbocycles. The lowest BCUT2D eigenvalue weighted by atomic mass is 9.97. The van der Waals surface area contributed by atoms with Gasteiger partial charge in [-0.1, -0.05) is 12.1 Å². The Kier molecular flexibility index (Phi) is 5.39. The fourth-order valence-electron chi connectivity index (χ4n) is 3.18. The van der Waals surface area contributed by atoms with Crippen LogP contribution in [0.25, 0.3) is 0 Å². The van der Waals surface area contributed by atoms with Crippen molar-refractivity contribution in [2.45, 2.75) is 32.3 Å². The highest BCUT2D eigenvalue weighted by Gasteiger charge is 2.27. The molecule has 1 aromatic carbocycles. The maximum Gasteiger partial charge on any atom is 0.309 e. The lowest BCUT2D eigenvalue weighted by Crippen LogP contribution is -2.40. The molecule has 1 atom stereocenters. The monoisotopic (exact) mass is 319 g/mol. The number of para-hydroxylation sites is 2. The first-order valence-electron chi connectivity index (χ1n) is 8.53. The van der Waals surface area contributed by atoms with Gasteiger partial charge in [-0.05, 0) is 45.0 Å². The average molecular weight is 319 g/mol. The summed E-state index contributed by atoms with van der Waals surface area (Å²) in [5, 5.41) is 0. The average Bonchev–Trinajstić information content (AvgIpc) is 2.60. The van der Waals surface area contributed by atoms with Gasteiger partial charge in [0.05, 0.1) is 12.5 Å². The van der Waals surface area contributed by atoms with E-state index in [-0.39, 0.29) is 18.0 Å². The number of esters is 1. The lowest BCUT2D eigenvalue weighted by molar-refractivity contribution is -0.149. The zero-order valence-electron chi connectivity index (χ0n) is 13.7. The summed E-state index contributed by atoms with van der Waals surface area (Å²) in [6.45, 7) is 5.82. The van der Waals surface area contributed by atoms with Crippen molar-refractivity contribution in [2.24, 2.45) is 5.92 Å². The number of fused-ring (bicyclic) bond motifs is 1. The molecule has 5 heteroatoms. The van der Waals surface area contributed by atoms with Crippen molar-refractivity contribution in [3.05, 3.63) is 24.3 Å². The highest BCUT2D eigenvalue weighted by molar-refractivity contribution is 5.72. The second-order valence-electron chi connectivity index (χ2n) is 6.15. The molecular formula is C18H25NO4. The van der Waals surface area contributed by atoms with Crippen molar-refractivity contribution in [2.75, 3.05) is 32.8 Å². The summed E-state index contributed by atoms with van der Waals surface area (Å²) in [6.07, 6.45) is 2.83. The molecule has 0 N–H and O–H groups in total. The van der Waals surface area contributed by atoms with Crippen LogP contribution in [-0.2, 0) is 9.53 Å². The van der Waals surface area contributed by atoms with Gasteiger partial charge in [-0.2, -0.15) is 0 Å². The number of nitrogens with zero attached hydrogens (tertiary/aromatic N) is 1. The molecule has 0 amide bonds. The molecule has 1 aromatic rings. The third-order valence-electron chi connectivity index (χ3n) is 4.54. The summed E-state index contributed by atoms with van der Waals surface area (Å²) < 4.78 is 16.8. The van der Waals surface area contributed by atoms with Crippen LogP contribution in [0, 0.1) is 5.92 Å². The van der Waals surface area contributed by atoms with Gasteiger partial charge in [0.25, 0.3) is 0 Å². The zero-order chi connectivity index (χ0) is 16.1. The Labute approximate surface area is 137 Å². The van der Waals surface area contributed by atoms with Crippen LogP contribution < -0.4 is 9.47 Å². The summed E-state index contributed by atoms with van der Waals surface area (Å²) in [7, 11) is 0. The molecule has 3 rings (SSSR count). The SMILES string of the molecule is CCOC(=O)C1CCN(CCC2COc3ccccc3O2)CC1. The molecule has 2 heterocycles. The normalized spacial score (nSPS) is 21.9. The number of benzene rings is 1. The maximum atomic E-state index is 11.7. The molecule has 0 aromatic heterocycles. The molecule has 23 heavy (non-hydrogen) atoms. The van der Waals surface area contributed by atoms with Crippen LogP contribution in [-0.4, -0.2) is 49.8 Å². The van der Waals surface area contributed by atoms with Gasteiger partial charge < -0.3 is 19.1 Å². The van der Waals surface area contributed by atoms with Crippen LogP contribution in [0.15, 0.2) is 24.3 Å². The molecular weight excluding hydrogens is 294 g/mol. The molecule has 126 valence electrons. The Bertz CT molecular complexity index is 526. The number of likely N-dealkylation sites (tertiary alicyclic amines) is 1. The molecule has 2 aliphatic heterocycles. The predicted molar refractivity (Wildman–Crippen MR) is 86.8 cm³/mol. The number of ether oxygens (including phenoxy) is 3. The summed E-state index contributed by atoms with van der Waals surface area (Å²) in [5.74, 6) is 1.71. The van der Waals surface area contributed by atoms with Crippen molar-refractivity contribution in [3.63, 3.8) is 0 Å². The number of piperidine rings is 1. The lowest BCUT2D eigenvalue weighted by Gasteiger charge is -2.32. The topological polar surface area (TPSA) is 48.0 Å². The number of hydrogen-bond donors (Lipinski definition) is 0. The van der Waals surface area contributed by atoms with E-state index in [1.807, 2.05) is 31.2 Å². The molecule has 1 unspecified atom stereocenters. The van der Waals surface area contributed by atoms with E-state index in [1.54, 1.807) is 0 Å². The van der Waals surface area contributed by atoms with Gasteiger partial charge in [0.15, 0.2) is 11.5 Å². The van der Waals surface area contributed by atoms with E-state index >= 15 is 0 Å². The van der Waals surface area contributed by atoms with Crippen molar-refractivity contribution in [1.29, 1.82) is 0 Å². The van der Waals surface area contributed by atoms with Gasteiger partial charge in [-0.3, -0.25) is 4.79 Å². The highest BCUT2D eigenvalue weighted by Crippen LogP contribution is 2.31. The standard InChI is InChI=1S/C18H25NO4/c1-2-21-18(20)14-7-10-19(11-8-14)12-9-15-13-22-16-5-3-4-6-17(16)23-15/h3-6,14-15H,2,7-13H2,1H3. The van der Waals surface area contributed by atoms with E-state index in [2.05, 4.69) is 4.90 Å². The highest BCUT2D eigenvalue weighted by atomic mass is 16.6. The van der Waals surface area contributed by atoms with Gasteiger partial charge in [0.1, 0.15) is 12.7 Å². The largest absolute Gasteiger partial charge is 0.486 e. The zero-order valence-corrected chi connectivity index (χ0v) is 13.7. The second kappa shape index (κ2) is 7.68. The van der Waals surface area contributed by atoms with Gasteiger partial charge >= 0.3 is 5.97 Å². The minimum atomic E-state index is -0.0345. The second-order valence-corrected chi connectivity index (χ2v) is 6.15. The van der Waals surface area contributed by atoms with Crippen molar-refractivity contribution < 1.29 is 19.0 Å². The third kappa shape index (κ3) is 4.16. The number of carbonyl (C=O) groups is 1. The van der Waals surface area contributed by atoms with Crippen molar-refractivity contribution >= 4 is 5.97 Å². The van der Waals surface area contributed by atoms with Crippen LogP contribution in [0.3, 0.4) is 0 Å². The van der Waals surface area contributed by atoms with E-state index < -0.39 is 0 Å². The Hall–Kier alpha value is -1.75. The van der Waals surface area contributed by atoms with Crippen LogP contribution in [0.4, 0.5) is 0 Å². The molecule has 0 radical (unpaired) electrons. The summed E-state index contributed by atoms with van der Waals surface area (Å²) in [6, 6.07) is 7.80. The Morgan fingerprint density at radius 2 is 2.00 bits per heavy atom. The first-order valence-corrected chi connectivity index (χ1v) is 8.53. The van der Waals surface area contributed by atoms with E-state index in [4.69, 9.17) is 14.2 Å². The number of hydrogen-bond acceptors (Lipinski definition) is 5. The van der Waals surface area contributed by atoms with Crippen LogP contribution in [0.2, 0.25) is 0 Å². The first kappa shape index (κ1) is 16.1. The molecule has 0 bridgehead atoms. The quantitative estimate of drug-likeness (QED) is 0.780. The minimum absolute atomic E-state index is 0.0345. The Morgan fingerprint density at radius 1 is 1.26 bits per heavy atom. The summed E-state index contributed by atoms with van der Waals surface area (Å²) in [4.78, 5) is 14.2. The molecule has 2 aliphatic rings. The number of rotatable bonds is 5. The summed E-state index contributed by atoms with van der Waals surface area (Å²) >= 11 is 0. The van der Waals surface area contributed by atoms with Crippen LogP contribution in [0.5, 0.6) is 11.5 Å². The van der Waals surface area contributed by atoms with Gasteiger partial charge in [-0.25, -0.2) is 0 Å². The van der Waals surface area contributed by atoms with Crippen molar-refractivity contribution in [1.82, 2.24) is 4.90 Å². The smallest absolute Gasteiger partial charge is 0.309 e. The van der Waals surface area contributed by atoms with E-state index in [0.29, 0.717) is 13.2 Å². The predicted octanol–water partition coefficient (Wildman–Crippen LogP) is 2.49. The van der Waals surface area contributed by atoms with Crippen LogP contribution in [0.1, 0.15) is 26.2 Å². The number of carbonyl (C=O) groups excluding carboxylic acids is 1. The van der Waals surface area contributed by atoms with Crippen molar-refractivity contribution in [3.8, 4) is 11.5 Å². The van der Waals surface area contributed by atoms with Gasteiger partial charge in [-0.15, -0.1) is 0 Å². The molecule has 1 fully saturated rings. The Balaban J connectivity index is 1.40. The van der Waals surface area contributed by atoms with E-state index in [9.17, 15) is 4.79 Å². The van der Waals surface area contributed by atoms with E-state index in [1.165, 1.54) is 0 Å². The maximum absolute atomic E-state index is 11.7. The van der Waals surface area contributed by atoms with Gasteiger partial charge in [0, 0.05) is 13.0 Å². The minimum Gasteiger partial charge on any atom is -0.486 e. The third-order valence-corrected chi connectivity index (χ3v) is 4.54. The molecule has 1 saturated heterocycles. The Morgan fingerprint density at radius 3 is 2.74 bits per heavy atom. The van der Waals surface area contributed by atoms with Gasteiger partial charge in [0.2, 0.25) is 0 Å². The summed E-state index contributed by atoms with van der Waals surface area (Å²) in [5.41, 5.74) is 0. The molecule has 0 aliphatic carbocycles.